The largest absolute Gasteiger partial charge is 0.497 e. The van der Waals surface area contributed by atoms with Gasteiger partial charge in [0.25, 0.3) is 11.9 Å². The van der Waals surface area contributed by atoms with Gasteiger partial charge in [0.15, 0.2) is 5.69 Å². The minimum atomic E-state index is -1.22. The maximum absolute atomic E-state index is 13.4. The van der Waals surface area contributed by atoms with Gasteiger partial charge < -0.3 is 14.5 Å². The van der Waals surface area contributed by atoms with Gasteiger partial charge in [0.1, 0.15) is 17.0 Å². The van der Waals surface area contributed by atoms with Gasteiger partial charge in [0.2, 0.25) is 0 Å². The number of methoxy groups -OCH3 is 1. The Morgan fingerprint density at radius 2 is 1.91 bits per heavy atom. The van der Waals surface area contributed by atoms with Crippen LogP contribution in [0, 0.1) is 11.9 Å². The minimum Gasteiger partial charge on any atom is -0.497 e. The highest BCUT2D eigenvalue weighted by Crippen LogP contribution is 2.24. The third kappa shape index (κ3) is 2.43. The summed E-state index contributed by atoms with van der Waals surface area (Å²) in [6.45, 7) is 0. The van der Waals surface area contributed by atoms with E-state index < -0.39 is 23.2 Å². The van der Waals surface area contributed by atoms with Crippen LogP contribution in [-0.4, -0.2) is 22.5 Å². The number of benzene rings is 1. The zero-order chi connectivity index (χ0) is 15.7. The number of aromatic nitrogens is 3. The average molecular weight is 306 g/mol. The molecule has 0 unspecified atom stereocenters. The molecule has 0 aliphatic heterocycles. The van der Waals surface area contributed by atoms with Crippen molar-refractivity contribution < 1.29 is 17.9 Å². The van der Waals surface area contributed by atoms with E-state index in [1.807, 2.05) is 0 Å². The maximum atomic E-state index is 13.4. The number of hydrogen-bond acceptors (Lipinski definition) is 7. The molecule has 1 N–H and O–H groups in total. The predicted molar refractivity (Wildman–Crippen MR) is 72.1 cm³/mol. The van der Waals surface area contributed by atoms with Crippen LogP contribution in [0.1, 0.15) is 0 Å². The number of halogens is 2. The second-order valence-corrected chi connectivity index (χ2v) is 4.22. The van der Waals surface area contributed by atoms with Gasteiger partial charge in [-0.15, -0.1) is 0 Å². The SMILES string of the molecule is COc1ccc2cc(Nc3c(F)nnnc3F)c(=O)oc2c1. The van der Waals surface area contributed by atoms with Crippen molar-refractivity contribution in [1.82, 2.24) is 15.4 Å². The molecular formula is C13H8F2N4O3. The fourth-order valence-electron chi connectivity index (χ4n) is 1.83. The fourth-order valence-corrected chi connectivity index (χ4v) is 1.83. The van der Waals surface area contributed by atoms with Gasteiger partial charge in [0, 0.05) is 11.5 Å². The molecule has 0 saturated heterocycles. The van der Waals surface area contributed by atoms with Crippen molar-refractivity contribution in [3.63, 3.8) is 0 Å². The lowest BCUT2D eigenvalue weighted by atomic mass is 10.2. The second-order valence-electron chi connectivity index (χ2n) is 4.22. The molecule has 3 rings (SSSR count). The lowest BCUT2D eigenvalue weighted by molar-refractivity contribution is 0.414. The van der Waals surface area contributed by atoms with E-state index in [1.165, 1.54) is 19.2 Å². The average Bonchev–Trinajstić information content (AvgIpc) is 2.51. The molecule has 0 fully saturated rings. The standard InChI is InChI=1S/C13H8F2N4O3/c1-21-7-3-2-6-4-8(13(20)22-9(6)5-7)16-10-11(14)17-19-18-12(10)15/h2-5H,1H3,(H,16,19). The van der Waals surface area contributed by atoms with Crippen LogP contribution in [0.25, 0.3) is 11.0 Å². The third-order valence-electron chi connectivity index (χ3n) is 2.88. The number of hydrogen-bond donors (Lipinski definition) is 1. The molecule has 3 aromatic rings. The molecule has 1 aromatic carbocycles. The quantitative estimate of drug-likeness (QED) is 0.740. The Morgan fingerprint density at radius 1 is 1.18 bits per heavy atom. The number of rotatable bonds is 3. The van der Waals surface area contributed by atoms with E-state index in [0.717, 1.165) is 0 Å². The van der Waals surface area contributed by atoms with E-state index in [1.54, 1.807) is 12.1 Å². The normalized spacial score (nSPS) is 10.7. The smallest absolute Gasteiger partial charge is 0.360 e. The first kappa shape index (κ1) is 13.9. The predicted octanol–water partition coefficient (Wildman–Crippen LogP) is 2.01. The Kier molecular flexibility index (Phi) is 3.37. The summed E-state index contributed by atoms with van der Waals surface area (Å²) < 4.78 is 36.9. The van der Waals surface area contributed by atoms with E-state index in [2.05, 4.69) is 20.7 Å². The van der Waals surface area contributed by atoms with E-state index in [9.17, 15) is 13.6 Å². The van der Waals surface area contributed by atoms with Crippen molar-refractivity contribution in [2.24, 2.45) is 0 Å². The van der Waals surface area contributed by atoms with E-state index in [0.29, 0.717) is 11.1 Å². The van der Waals surface area contributed by atoms with Gasteiger partial charge in [-0.3, -0.25) is 0 Å². The molecule has 9 heteroatoms. The topological polar surface area (TPSA) is 90.1 Å². The van der Waals surface area contributed by atoms with Gasteiger partial charge in [-0.2, -0.15) is 8.78 Å². The highest BCUT2D eigenvalue weighted by atomic mass is 19.1. The van der Waals surface area contributed by atoms with Crippen molar-refractivity contribution in [1.29, 1.82) is 0 Å². The van der Waals surface area contributed by atoms with Crippen molar-refractivity contribution in [3.05, 3.63) is 46.6 Å². The van der Waals surface area contributed by atoms with Crippen molar-refractivity contribution >= 4 is 22.3 Å². The molecule has 0 amide bonds. The molecule has 0 aliphatic carbocycles. The number of nitrogens with zero attached hydrogens (tertiary/aromatic N) is 3. The minimum absolute atomic E-state index is 0.162. The van der Waals surface area contributed by atoms with Crippen LogP contribution < -0.4 is 15.7 Å². The third-order valence-corrected chi connectivity index (χ3v) is 2.88. The lowest BCUT2D eigenvalue weighted by Gasteiger charge is -2.07. The molecule has 2 heterocycles. The van der Waals surface area contributed by atoms with Gasteiger partial charge in [-0.25, -0.2) is 4.79 Å². The molecule has 0 radical (unpaired) electrons. The van der Waals surface area contributed by atoms with Crippen LogP contribution in [0.2, 0.25) is 0 Å². The lowest BCUT2D eigenvalue weighted by Crippen LogP contribution is -2.11. The van der Waals surface area contributed by atoms with Crippen molar-refractivity contribution in [2.75, 3.05) is 12.4 Å². The number of anilines is 2. The highest BCUT2D eigenvalue weighted by Gasteiger charge is 2.15. The van der Waals surface area contributed by atoms with Crippen LogP contribution in [0.4, 0.5) is 20.2 Å². The zero-order valence-electron chi connectivity index (χ0n) is 11.1. The van der Waals surface area contributed by atoms with Gasteiger partial charge in [-0.05, 0) is 23.4 Å². The number of ether oxygens (including phenoxy) is 1. The maximum Gasteiger partial charge on any atom is 0.360 e. The van der Waals surface area contributed by atoms with Crippen LogP contribution in [0.5, 0.6) is 5.75 Å². The Labute approximate surface area is 121 Å². The fraction of sp³-hybridized carbons (Fsp3) is 0.0769. The summed E-state index contributed by atoms with van der Waals surface area (Å²) >= 11 is 0. The van der Waals surface area contributed by atoms with Crippen LogP contribution in [-0.2, 0) is 0 Å². The van der Waals surface area contributed by atoms with Crippen LogP contribution in [0.3, 0.4) is 0 Å². The monoisotopic (exact) mass is 306 g/mol. The molecule has 0 saturated carbocycles. The molecular weight excluding hydrogens is 298 g/mol. The summed E-state index contributed by atoms with van der Waals surface area (Å²) in [4.78, 5) is 11.9. The molecule has 2 aromatic heterocycles. The number of fused-ring (bicyclic) bond motifs is 1. The second kappa shape index (κ2) is 5.35. The molecule has 0 atom stereocenters. The first-order valence-electron chi connectivity index (χ1n) is 6.02. The summed E-state index contributed by atoms with van der Waals surface area (Å²) in [6.07, 6.45) is 0. The highest BCUT2D eigenvalue weighted by molar-refractivity contribution is 5.81. The number of nitrogens with one attached hydrogen (secondary N) is 1. The van der Waals surface area contributed by atoms with Crippen LogP contribution >= 0.6 is 0 Å². The van der Waals surface area contributed by atoms with E-state index >= 15 is 0 Å². The van der Waals surface area contributed by atoms with E-state index in [4.69, 9.17) is 9.15 Å². The first-order valence-corrected chi connectivity index (χ1v) is 6.02. The summed E-state index contributed by atoms with van der Waals surface area (Å²) in [6, 6.07) is 6.21. The Morgan fingerprint density at radius 3 is 2.59 bits per heavy atom. The van der Waals surface area contributed by atoms with Crippen molar-refractivity contribution in [2.45, 2.75) is 0 Å². The Bertz CT molecular complexity index is 893. The van der Waals surface area contributed by atoms with Gasteiger partial charge >= 0.3 is 5.63 Å². The summed E-state index contributed by atoms with van der Waals surface area (Å²) in [5.74, 6) is -1.93. The molecule has 0 spiro atoms. The summed E-state index contributed by atoms with van der Waals surface area (Å²) in [5, 5.41) is 11.6. The molecule has 7 nitrogen and oxygen atoms in total. The van der Waals surface area contributed by atoms with Gasteiger partial charge in [-0.1, -0.05) is 10.2 Å². The van der Waals surface area contributed by atoms with Crippen LogP contribution in [0.15, 0.2) is 33.5 Å². The summed E-state index contributed by atoms with van der Waals surface area (Å²) in [7, 11) is 1.48. The Hall–Kier alpha value is -3.10. The van der Waals surface area contributed by atoms with Gasteiger partial charge in [0.05, 0.1) is 7.11 Å². The Balaban J connectivity index is 2.08. The first-order chi connectivity index (χ1) is 10.6. The molecule has 22 heavy (non-hydrogen) atoms. The van der Waals surface area contributed by atoms with E-state index in [-0.39, 0.29) is 11.3 Å². The molecule has 112 valence electrons. The molecule has 0 aliphatic rings. The van der Waals surface area contributed by atoms with Crippen molar-refractivity contribution in [3.8, 4) is 5.75 Å². The summed E-state index contributed by atoms with van der Waals surface area (Å²) in [5.41, 5.74) is -1.38. The zero-order valence-corrected chi connectivity index (χ0v) is 11.1. The molecule has 0 bridgehead atoms.